The smallest absolute Gasteiger partial charge is 0.256 e. The zero-order valence-electron chi connectivity index (χ0n) is 30.1. The molecule has 4 aromatic rings. The minimum atomic E-state index is -1.07. The second-order valence-corrected chi connectivity index (χ2v) is 14.5. The third kappa shape index (κ3) is 10.8. The number of nitrogens with one attached hydrogen (secondary N) is 2. The fourth-order valence-electron chi connectivity index (χ4n) is 6.26. The Bertz CT molecular complexity index is 1730. The Morgan fingerprint density at radius 1 is 0.882 bits per heavy atom. The number of hydrogen-bond donors (Lipinski definition) is 2. The van der Waals surface area contributed by atoms with Crippen molar-refractivity contribution in [2.75, 3.05) is 38.3 Å². The van der Waals surface area contributed by atoms with Crippen LogP contribution in [0.15, 0.2) is 97.1 Å². The van der Waals surface area contributed by atoms with Crippen molar-refractivity contribution in [3.63, 3.8) is 0 Å². The van der Waals surface area contributed by atoms with Gasteiger partial charge >= 0.3 is 0 Å². The fourth-order valence-corrected chi connectivity index (χ4v) is 6.44. The molecular weight excluding hydrogens is 662 g/mol. The largest absolute Gasteiger partial charge is 0.492 e. The first-order valence-corrected chi connectivity index (χ1v) is 18.1. The zero-order valence-corrected chi connectivity index (χ0v) is 30.9. The molecule has 0 spiro atoms. The average molecular weight is 712 g/mol. The summed E-state index contributed by atoms with van der Waals surface area (Å²) in [6.45, 7) is 9.24. The first-order chi connectivity index (χ1) is 24.6. The summed E-state index contributed by atoms with van der Waals surface area (Å²) in [5, 5.41) is 6.97. The van der Waals surface area contributed by atoms with Crippen LogP contribution in [0.4, 0.5) is 5.69 Å². The molecule has 0 bridgehead atoms. The molecule has 2 N–H and O–H groups in total. The van der Waals surface area contributed by atoms with E-state index in [0.717, 1.165) is 37.9 Å². The third-order valence-corrected chi connectivity index (χ3v) is 8.89. The molecule has 0 aliphatic carbocycles. The number of hydrogen-bond acceptors (Lipinski definition) is 6. The van der Waals surface area contributed by atoms with E-state index in [0.29, 0.717) is 53.0 Å². The summed E-state index contributed by atoms with van der Waals surface area (Å²) in [6, 6.07) is 31.3. The molecule has 1 aliphatic rings. The van der Waals surface area contributed by atoms with E-state index in [1.165, 1.54) is 5.56 Å². The topological polar surface area (TPSA) is 89.1 Å². The zero-order chi connectivity index (χ0) is 36.2. The van der Waals surface area contributed by atoms with Gasteiger partial charge in [-0.3, -0.25) is 9.59 Å². The number of carbonyl (C=O) groups excluding carboxylic acids is 2. The maximum absolute atomic E-state index is 14.3. The molecule has 0 aromatic heterocycles. The molecule has 1 aliphatic heterocycles. The van der Waals surface area contributed by atoms with E-state index in [1.807, 2.05) is 66.7 Å². The summed E-state index contributed by atoms with van der Waals surface area (Å²) < 4.78 is 19.0. The summed E-state index contributed by atoms with van der Waals surface area (Å²) >= 11 is 6.60. The SMILES string of the molecule is COc1c(OCCCNCCCc2ccccc2)cccc1[C@H]1O[C@H](CC(=O)NCc2ccccc2)C(=O)N(CC(C)(C)C)c2ccc(Cl)cc21. The number of halogens is 1. The van der Waals surface area contributed by atoms with Gasteiger partial charge in [-0.25, -0.2) is 0 Å². The number of aryl methyl sites for hydroxylation is 1. The predicted octanol–water partition coefficient (Wildman–Crippen LogP) is 7.91. The van der Waals surface area contributed by atoms with Crippen molar-refractivity contribution in [1.29, 1.82) is 0 Å². The van der Waals surface area contributed by atoms with Crippen LogP contribution in [0.25, 0.3) is 0 Å². The molecule has 4 aromatic carbocycles. The van der Waals surface area contributed by atoms with Crippen molar-refractivity contribution in [2.45, 2.75) is 65.2 Å². The van der Waals surface area contributed by atoms with Gasteiger partial charge in [0, 0.05) is 34.9 Å². The van der Waals surface area contributed by atoms with Gasteiger partial charge in [0.15, 0.2) is 11.5 Å². The summed E-state index contributed by atoms with van der Waals surface area (Å²) in [4.78, 5) is 29.4. The molecule has 51 heavy (non-hydrogen) atoms. The van der Waals surface area contributed by atoms with Crippen LogP contribution in [0.1, 0.15) is 68.4 Å². The summed E-state index contributed by atoms with van der Waals surface area (Å²) in [5.41, 5.74) is 4.15. The lowest BCUT2D eigenvalue weighted by molar-refractivity contribution is -0.138. The van der Waals surface area contributed by atoms with Crippen molar-refractivity contribution in [3.05, 3.63) is 124 Å². The highest BCUT2D eigenvalue weighted by Crippen LogP contribution is 2.45. The number of amides is 2. The van der Waals surface area contributed by atoms with Crippen molar-refractivity contribution < 1.29 is 23.8 Å². The minimum Gasteiger partial charge on any atom is -0.492 e. The predicted molar refractivity (Wildman–Crippen MR) is 204 cm³/mol. The van der Waals surface area contributed by atoms with Crippen LogP contribution in [-0.4, -0.2) is 51.3 Å². The van der Waals surface area contributed by atoms with Crippen molar-refractivity contribution in [1.82, 2.24) is 10.6 Å². The van der Waals surface area contributed by atoms with Crippen LogP contribution in [0.2, 0.25) is 5.02 Å². The van der Waals surface area contributed by atoms with Crippen LogP contribution in [0.3, 0.4) is 0 Å². The molecule has 2 amide bonds. The normalized spacial score (nSPS) is 15.9. The van der Waals surface area contributed by atoms with Gasteiger partial charge in [-0.2, -0.15) is 0 Å². The molecule has 9 heteroatoms. The Hall–Kier alpha value is -4.37. The molecule has 270 valence electrons. The lowest BCUT2D eigenvalue weighted by Gasteiger charge is -2.31. The molecule has 0 unspecified atom stereocenters. The second-order valence-electron chi connectivity index (χ2n) is 14.1. The van der Waals surface area contributed by atoms with E-state index in [1.54, 1.807) is 18.1 Å². The van der Waals surface area contributed by atoms with Crippen LogP contribution >= 0.6 is 11.6 Å². The van der Waals surface area contributed by atoms with Crippen molar-refractivity contribution in [3.8, 4) is 11.5 Å². The number of para-hydroxylation sites is 1. The molecule has 2 atom stereocenters. The molecule has 8 nitrogen and oxygen atoms in total. The first kappa shape index (κ1) is 37.9. The van der Waals surface area contributed by atoms with Gasteiger partial charge in [0.1, 0.15) is 12.2 Å². The third-order valence-electron chi connectivity index (χ3n) is 8.65. The van der Waals surface area contributed by atoms with E-state index in [4.69, 9.17) is 25.8 Å². The standard InChI is InChI=1S/C42H50ClN3O5/c1-42(2,3)29-46-35-22-21-32(43)26-34(35)39(51-37(41(46)48)27-38(47)45-28-31-16-9-6-10-17-31)33-19-11-20-36(40(33)49-4)50-25-13-24-44-23-12-18-30-14-7-5-8-15-30/h5-11,14-17,19-22,26,37,39,44H,12-13,18,23-25,27-29H2,1-4H3,(H,45,47)/t37-,39-/m1/s1. The van der Waals surface area contributed by atoms with Gasteiger partial charge in [0.25, 0.3) is 5.91 Å². The Balaban J connectivity index is 1.34. The van der Waals surface area contributed by atoms with Crippen LogP contribution in [-0.2, 0) is 27.3 Å². The van der Waals surface area contributed by atoms with Gasteiger partial charge in [-0.15, -0.1) is 0 Å². The van der Waals surface area contributed by atoms with Gasteiger partial charge in [0.05, 0.1) is 20.1 Å². The highest BCUT2D eigenvalue weighted by Gasteiger charge is 2.40. The first-order valence-electron chi connectivity index (χ1n) is 17.7. The van der Waals surface area contributed by atoms with E-state index in [9.17, 15) is 9.59 Å². The number of rotatable bonds is 16. The van der Waals surface area contributed by atoms with E-state index in [2.05, 4.69) is 55.7 Å². The monoisotopic (exact) mass is 711 g/mol. The Labute approximate surface area is 307 Å². The summed E-state index contributed by atoms with van der Waals surface area (Å²) in [7, 11) is 1.60. The molecular formula is C42H50ClN3O5. The van der Waals surface area contributed by atoms with Gasteiger partial charge in [-0.1, -0.05) is 105 Å². The number of fused-ring (bicyclic) bond motifs is 1. The maximum atomic E-state index is 14.3. The van der Waals surface area contributed by atoms with Crippen LogP contribution in [0.5, 0.6) is 11.5 Å². The Morgan fingerprint density at radius 2 is 1.59 bits per heavy atom. The van der Waals surface area contributed by atoms with Crippen molar-refractivity contribution >= 4 is 29.1 Å². The highest BCUT2D eigenvalue weighted by molar-refractivity contribution is 6.30. The maximum Gasteiger partial charge on any atom is 0.256 e. The van der Waals surface area contributed by atoms with Gasteiger partial charge < -0.3 is 29.7 Å². The second kappa shape index (κ2) is 18.2. The molecule has 0 radical (unpaired) electrons. The summed E-state index contributed by atoms with van der Waals surface area (Å²) in [6.07, 6.45) is 0.935. The van der Waals surface area contributed by atoms with Crippen LogP contribution in [0, 0.1) is 5.41 Å². The van der Waals surface area contributed by atoms with Crippen molar-refractivity contribution in [2.24, 2.45) is 5.41 Å². The number of benzene rings is 4. The lowest BCUT2D eigenvalue weighted by atomic mass is 9.94. The van der Waals surface area contributed by atoms with Crippen LogP contribution < -0.4 is 25.0 Å². The molecule has 0 saturated carbocycles. The number of methoxy groups -OCH3 is 1. The summed E-state index contributed by atoms with van der Waals surface area (Å²) in [5.74, 6) is 0.514. The Morgan fingerprint density at radius 3 is 2.29 bits per heavy atom. The quantitative estimate of drug-likeness (QED) is 0.115. The lowest BCUT2D eigenvalue weighted by Crippen LogP contribution is -2.45. The molecule has 0 saturated heterocycles. The fraction of sp³-hybridized carbons (Fsp3) is 0.381. The molecule has 1 heterocycles. The van der Waals surface area contributed by atoms with Gasteiger partial charge in [0.2, 0.25) is 5.91 Å². The van der Waals surface area contributed by atoms with E-state index < -0.39 is 12.2 Å². The number of carbonyl (C=O) groups is 2. The number of anilines is 1. The van der Waals surface area contributed by atoms with E-state index >= 15 is 0 Å². The number of nitrogens with zero attached hydrogens (tertiary/aromatic N) is 1. The van der Waals surface area contributed by atoms with Gasteiger partial charge in [-0.05, 0) is 73.2 Å². The minimum absolute atomic E-state index is 0.151. The molecule has 5 rings (SSSR count). The highest BCUT2D eigenvalue weighted by atomic mass is 35.5. The average Bonchev–Trinajstić information content (AvgIpc) is 3.22. The number of ether oxygens (including phenoxy) is 3. The van der Waals surface area contributed by atoms with E-state index in [-0.39, 0.29) is 23.7 Å². The Kier molecular flexibility index (Phi) is 13.5. The molecule has 0 fully saturated rings.